The molecule has 0 saturated heterocycles. The van der Waals surface area contributed by atoms with Crippen molar-refractivity contribution in [2.45, 2.75) is 26.1 Å². The van der Waals surface area contributed by atoms with Crippen molar-refractivity contribution in [2.24, 2.45) is 0 Å². The van der Waals surface area contributed by atoms with Gasteiger partial charge in [0.05, 0.1) is 19.8 Å². The number of ether oxygens (including phenoxy) is 1. The van der Waals surface area contributed by atoms with Crippen LogP contribution in [0.5, 0.6) is 0 Å². The van der Waals surface area contributed by atoms with Gasteiger partial charge in [0.1, 0.15) is 6.10 Å². The molecule has 84 valence electrons. The molecule has 2 N–H and O–H groups in total. The molecular weight excluding hydrogens is 192 g/mol. The molecule has 15 heavy (non-hydrogen) atoms. The van der Waals surface area contributed by atoms with Crippen molar-refractivity contribution in [1.82, 2.24) is 0 Å². The van der Waals surface area contributed by atoms with E-state index in [-0.39, 0.29) is 13.2 Å². The smallest absolute Gasteiger partial charge is 0.100 e. The molecule has 0 amide bonds. The van der Waals surface area contributed by atoms with Crippen molar-refractivity contribution in [3.05, 3.63) is 35.4 Å². The summed E-state index contributed by atoms with van der Waals surface area (Å²) in [5.74, 6) is 0. The molecule has 1 unspecified atom stereocenters. The molecule has 0 aliphatic heterocycles. The Labute approximate surface area is 90.3 Å². The lowest BCUT2D eigenvalue weighted by Gasteiger charge is -2.08. The number of hydrogen-bond donors (Lipinski definition) is 2. The molecule has 1 aromatic carbocycles. The fourth-order valence-corrected chi connectivity index (χ4v) is 1.24. The Hall–Kier alpha value is -0.900. The average Bonchev–Trinajstić information content (AvgIpc) is 2.29. The molecule has 0 aliphatic rings. The molecule has 0 radical (unpaired) electrons. The van der Waals surface area contributed by atoms with Crippen LogP contribution in [-0.4, -0.2) is 29.5 Å². The normalized spacial score (nSPS) is 12.7. The molecule has 0 bridgehead atoms. The predicted molar refractivity (Wildman–Crippen MR) is 58.6 cm³/mol. The fraction of sp³-hybridized carbons (Fsp3) is 0.500. The third-order valence-electron chi connectivity index (χ3n) is 2.22. The third-order valence-corrected chi connectivity index (χ3v) is 2.22. The number of aliphatic hydroxyl groups is 2. The van der Waals surface area contributed by atoms with E-state index in [1.807, 2.05) is 12.1 Å². The first-order valence-electron chi connectivity index (χ1n) is 5.20. The Morgan fingerprint density at radius 3 is 2.33 bits per heavy atom. The van der Waals surface area contributed by atoms with Crippen LogP contribution in [0.2, 0.25) is 0 Å². The molecule has 0 saturated carbocycles. The standard InChI is InChI=1S/C12H18O3/c1-2-10-3-5-11(6-4-10)8-15-9-12(14)7-13/h3-6,12-14H,2,7-9H2,1H3. The van der Waals surface area contributed by atoms with Crippen molar-refractivity contribution in [1.29, 1.82) is 0 Å². The zero-order chi connectivity index (χ0) is 11.1. The topological polar surface area (TPSA) is 49.7 Å². The highest BCUT2D eigenvalue weighted by molar-refractivity contribution is 5.21. The molecule has 0 spiro atoms. The second-order valence-electron chi connectivity index (χ2n) is 3.52. The number of aryl methyl sites for hydroxylation is 1. The van der Waals surface area contributed by atoms with Gasteiger partial charge in [0.25, 0.3) is 0 Å². The molecule has 3 nitrogen and oxygen atoms in total. The Morgan fingerprint density at radius 2 is 1.80 bits per heavy atom. The Morgan fingerprint density at radius 1 is 1.20 bits per heavy atom. The van der Waals surface area contributed by atoms with Gasteiger partial charge in [-0.1, -0.05) is 31.2 Å². The van der Waals surface area contributed by atoms with Crippen LogP contribution in [-0.2, 0) is 17.8 Å². The predicted octanol–water partition coefficient (Wildman–Crippen LogP) is 1.12. The summed E-state index contributed by atoms with van der Waals surface area (Å²) < 4.78 is 5.24. The first-order valence-corrected chi connectivity index (χ1v) is 5.20. The van der Waals surface area contributed by atoms with Crippen LogP contribution in [0.1, 0.15) is 18.1 Å². The van der Waals surface area contributed by atoms with Gasteiger partial charge in [0, 0.05) is 0 Å². The second kappa shape index (κ2) is 6.56. The quantitative estimate of drug-likeness (QED) is 0.739. The third kappa shape index (κ3) is 4.42. The molecule has 0 aliphatic carbocycles. The minimum Gasteiger partial charge on any atom is -0.394 e. The van der Waals surface area contributed by atoms with Gasteiger partial charge in [-0.25, -0.2) is 0 Å². The number of rotatable bonds is 6. The summed E-state index contributed by atoms with van der Waals surface area (Å²) in [6.07, 6.45) is 0.254. The summed E-state index contributed by atoms with van der Waals surface area (Å²) in [7, 11) is 0. The van der Waals surface area contributed by atoms with Gasteiger partial charge in [-0.3, -0.25) is 0 Å². The molecule has 1 atom stereocenters. The van der Waals surface area contributed by atoms with E-state index in [1.165, 1.54) is 5.56 Å². The largest absolute Gasteiger partial charge is 0.394 e. The lowest BCUT2D eigenvalue weighted by atomic mass is 10.1. The van der Waals surface area contributed by atoms with Crippen molar-refractivity contribution >= 4 is 0 Å². The molecular formula is C12H18O3. The molecule has 0 fully saturated rings. The highest BCUT2D eigenvalue weighted by Crippen LogP contribution is 2.06. The van der Waals surface area contributed by atoms with Crippen LogP contribution in [0.3, 0.4) is 0 Å². The zero-order valence-electron chi connectivity index (χ0n) is 9.02. The molecule has 1 aromatic rings. The van der Waals surface area contributed by atoms with Crippen LogP contribution in [0.4, 0.5) is 0 Å². The Kier molecular flexibility index (Phi) is 5.32. The van der Waals surface area contributed by atoms with Gasteiger partial charge < -0.3 is 14.9 Å². The van der Waals surface area contributed by atoms with Crippen LogP contribution in [0, 0.1) is 0 Å². The van der Waals surface area contributed by atoms with Crippen molar-refractivity contribution in [3.63, 3.8) is 0 Å². The lowest BCUT2D eigenvalue weighted by Crippen LogP contribution is -2.19. The van der Waals surface area contributed by atoms with Crippen LogP contribution in [0.15, 0.2) is 24.3 Å². The van der Waals surface area contributed by atoms with Crippen molar-refractivity contribution < 1.29 is 14.9 Å². The van der Waals surface area contributed by atoms with E-state index in [0.29, 0.717) is 6.61 Å². The van der Waals surface area contributed by atoms with Crippen molar-refractivity contribution in [3.8, 4) is 0 Å². The highest BCUT2D eigenvalue weighted by Gasteiger charge is 2.01. The second-order valence-corrected chi connectivity index (χ2v) is 3.52. The van der Waals surface area contributed by atoms with Gasteiger partial charge >= 0.3 is 0 Å². The molecule has 1 rings (SSSR count). The highest BCUT2D eigenvalue weighted by atomic mass is 16.5. The monoisotopic (exact) mass is 210 g/mol. The fourth-order valence-electron chi connectivity index (χ4n) is 1.24. The van der Waals surface area contributed by atoms with Gasteiger partial charge in [-0.15, -0.1) is 0 Å². The summed E-state index contributed by atoms with van der Waals surface area (Å²) in [6, 6.07) is 8.18. The lowest BCUT2D eigenvalue weighted by molar-refractivity contribution is 0.0000224. The van der Waals surface area contributed by atoms with E-state index in [2.05, 4.69) is 19.1 Å². The van der Waals surface area contributed by atoms with Crippen LogP contribution in [0.25, 0.3) is 0 Å². The first-order chi connectivity index (χ1) is 7.26. The number of hydrogen-bond acceptors (Lipinski definition) is 3. The maximum absolute atomic E-state index is 9.04. The van der Waals surface area contributed by atoms with E-state index >= 15 is 0 Å². The number of aliphatic hydroxyl groups excluding tert-OH is 2. The molecule has 3 heteroatoms. The van der Waals surface area contributed by atoms with Gasteiger partial charge in [0.2, 0.25) is 0 Å². The van der Waals surface area contributed by atoms with E-state index in [0.717, 1.165) is 12.0 Å². The van der Waals surface area contributed by atoms with E-state index in [1.54, 1.807) is 0 Å². The minimum absolute atomic E-state index is 0.173. The summed E-state index contributed by atoms with van der Waals surface area (Å²) in [5, 5.41) is 17.6. The minimum atomic E-state index is -0.778. The van der Waals surface area contributed by atoms with E-state index in [9.17, 15) is 0 Å². The average molecular weight is 210 g/mol. The van der Waals surface area contributed by atoms with Crippen molar-refractivity contribution in [2.75, 3.05) is 13.2 Å². The summed E-state index contributed by atoms with van der Waals surface area (Å²) in [5.41, 5.74) is 2.38. The molecule has 0 aromatic heterocycles. The van der Waals surface area contributed by atoms with Gasteiger partial charge in [-0.2, -0.15) is 0 Å². The van der Waals surface area contributed by atoms with E-state index in [4.69, 9.17) is 14.9 Å². The van der Waals surface area contributed by atoms with Crippen LogP contribution < -0.4 is 0 Å². The summed E-state index contributed by atoms with van der Waals surface area (Å²) in [6.45, 7) is 2.50. The maximum Gasteiger partial charge on any atom is 0.100 e. The molecule has 0 heterocycles. The zero-order valence-corrected chi connectivity index (χ0v) is 9.02. The Balaban J connectivity index is 2.31. The maximum atomic E-state index is 9.04. The Bertz CT molecular complexity index is 269. The van der Waals surface area contributed by atoms with E-state index < -0.39 is 6.10 Å². The first kappa shape index (κ1) is 12.2. The number of benzene rings is 1. The summed E-state index contributed by atoms with van der Waals surface area (Å²) >= 11 is 0. The van der Waals surface area contributed by atoms with Gasteiger partial charge in [-0.05, 0) is 17.5 Å². The van der Waals surface area contributed by atoms with Gasteiger partial charge in [0.15, 0.2) is 0 Å². The summed E-state index contributed by atoms with van der Waals surface area (Å²) in [4.78, 5) is 0. The van der Waals surface area contributed by atoms with Crippen LogP contribution >= 0.6 is 0 Å². The SMILES string of the molecule is CCc1ccc(COCC(O)CO)cc1.